The third-order valence-electron chi connectivity index (χ3n) is 2.03. The van der Waals surface area contributed by atoms with Gasteiger partial charge in [-0.15, -0.1) is 0 Å². The molecule has 70 valence electrons. The number of hydrogen-bond acceptors (Lipinski definition) is 4. The van der Waals surface area contributed by atoms with E-state index in [0.29, 0.717) is 6.61 Å². The molecule has 1 heterocycles. The van der Waals surface area contributed by atoms with Gasteiger partial charge in [-0.3, -0.25) is 4.79 Å². The van der Waals surface area contributed by atoms with E-state index in [0.717, 1.165) is 19.5 Å². The molecule has 0 N–H and O–H groups in total. The van der Waals surface area contributed by atoms with Gasteiger partial charge in [0.1, 0.15) is 0 Å². The van der Waals surface area contributed by atoms with Crippen LogP contribution in [0.25, 0.3) is 0 Å². The van der Waals surface area contributed by atoms with Crippen LogP contribution in [0.15, 0.2) is 0 Å². The smallest absolute Gasteiger partial charge is 0.310 e. The van der Waals surface area contributed by atoms with Gasteiger partial charge in [0.15, 0.2) is 0 Å². The average molecular weight is 189 g/mol. The van der Waals surface area contributed by atoms with Crippen molar-refractivity contribution in [2.75, 3.05) is 26.0 Å². The SMILES string of the molecule is CCOC(=O)C1CCN(SC)C1. The summed E-state index contributed by atoms with van der Waals surface area (Å²) in [5, 5.41) is 0. The Hall–Kier alpha value is -0.220. The standard InChI is InChI=1S/C8H15NO2S/c1-3-11-8(10)7-4-5-9(6-7)12-2/h7H,3-6H2,1-2H3. The van der Waals surface area contributed by atoms with Crippen LogP contribution in [0.4, 0.5) is 0 Å². The van der Waals surface area contributed by atoms with Crippen LogP contribution in [0.1, 0.15) is 13.3 Å². The lowest BCUT2D eigenvalue weighted by molar-refractivity contribution is -0.147. The maximum Gasteiger partial charge on any atom is 0.310 e. The van der Waals surface area contributed by atoms with Crippen molar-refractivity contribution in [3.8, 4) is 0 Å². The summed E-state index contributed by atoms with van der Waals surface area (Å²) in [6.45, 7) is 4.19. The van der Waals surface area contributed by atoms with E-state index in [1.54, 1.807) is 11.9 Å². The van der Waals surface area contributed by atoms with E-state index < -0.39 is 0 Å². The molecule has 0 amide bonds. The fraction of sp³-hybridized carbons (Fsp3) is 0.875. The molecular weight excluding hydrogens is 174 g/mol. The zero-order valence-corrected chi connectivity index (χ0v) is 8.39. The molecule has 0 aromatic rings. The maximum absolute atomic E-state index is 11.2. The summed E-state index contributed by atoms with van der Waals surface area (Å²) < 4.78 is 7.14. The molecule has 0 aromatic heterocycles. The maximum atomic E-state index is 11.2. The molecule has 0 radical (unpaired) electrons. The Morgan fingerprint density at radius 3 is 3.00 bits per heavy atom. The van der Waals surface area contributed by atoms with Crippen molar-refractivity contribution in [3.63, 3.8) is 0 Å². The molecule has 3 nitrogen and oxygen atoms in total. The van der Waals surface area contributed by atoms with Gasteiger partial charge in [-0.1, -0.05) is 11.9 Å². The van der Waals surface area contributed by atoms with Crippen molar-refractivity contribution in [2.45, 2.75) is 13.3 Å². The summed E-state index contributed by atoms with van der Waals surface area (Å²) in [5.74, 6) is 0.0754. The zero-order chi connectivity index (χ0) is 8.97. The van der Waals surface area contributed by atoms with Crippen LogP contribution in [0.5, 0.6) is 0 Å². The summed E-state index contributed by atoms with van der Waals surface area (Å²) in [7, 11) is 0. The molecule has 1 aliphatic rings. The number of esters is 1. The number of carbonyl (C=O) groups is 1. The lowest BCUT2D eigenvalue weighted by Crippen LogP contribution is -2.20. The molecular formula is C8H15NO2S. The van der Waals surface area contributed by atoms with E-state index in [2.05, 4.69) is 4.31 Å². The quantitative estimate of drug-likeness (QED) is 0.492. The van der Waals surface area contributed by atoms with Gasteiger partial charge in [0.25, 0.3) is 0 Å². The highest BCUT2D eigenvalue weighted by atomic mass is 32.2. The van der Waals surface area contributed by atoms with Crippen molar-refractivity contribution in [1.82, 2.24) is 4.31 Å². The molecule has 1 aliphatic heterocycles. The van der Waals surface area contributed by atoms with Gasteiger partial charge in [-0.2, -0.15) is 0 Å². The molecule has 1 saturated heterocycles. The van der Waals surface area contributed by atoms with Crippen LogP contribution in [0, 0.1) is 5.92 Å². The highest BCUT2D eigenvalue weighted by Crippen LogP contribution is 2.22. The van der Waals surface area contributed by atoms with Crippen molar-refractivity contribution in [3.05, 3.63) is 0 Å². The number of nitrogens with zero attached hydrogens (tertiary/aromatic N) is 1. The zero-order valence-electron chi connectivity index (χ0n) is 7.58. The molecule has 1 unspecified atom stereocenters. The molecule has 0 saturated carbocycles. The summed E-state index contributed by atoms with van der Waals surface area (Å²) in [5.41, 5.74) is 0. The van der Waals surface area contributed by atoms with Gasteiger partial charge in [-0.05, 0) is 19.6 Å². The van der Waals surface area contributed by atoms with Crippen LogP contribution >= 0.6 is 11.9 Å². The molecule has 1 fully saturated rings. The second kappa shape index (κ2) is 4.72. The van der Waals surface area contributed by atoms with E-state index in [1.807, 2.05) is 13.2 Å². The van der Waals surface area contributed by atoms with E-state index in [1.165, 1.54) is 0 Å². The van der Waals surface area contributed by atoms with Gasteiger partial charge in [0.2, 0.25) is 0 Å². The Kier molecular flexibility index (Phi) is 3.88. The molecule has 12 heavy (non-hydrogen) atoms. The minimum atomic E-state index is -0.0333. The summed E-state index contributed by atoms with van der Waals surface area (Å²) in [6, 6.07) is 0. The van der Waals surface area contributed by atoms with Gasteiger partial charge < -0.3 is 4.74 Å². The second-order valence-electron chi connectivity index (χ2n) is 2.81. The predicted molar refractivity (Wildman–Crippen MR) is 49.8 cm³/mol. The summed E-state index contributed by atoms with van der Waals surface area (Å²) in [6.07, 6.45) is 2.98. The van der Waals surface area contributed by atoms with Gasteiger partial charge in [0.05, 0.1) is 12.5 Å². The number of ether oxygens (including phenoxy) is 1. The lowest BCUT2D eigenvalue weighted by atomic mass is 10.1. The highest BCUT2D eigenvalue weighted by molar-refractivity contribution is 7.96. The normalized spacial score (nSPS) is 24.3. The first-order valence-electron chi connectivity index (χ1n) is 4.23. The minimum absolute atomic E-state index is 0.0333. The topological polar surface area (TPSA) is 29.5 Å². The van der Waals surface area contributed by atoms with E-state index in [-0.39, 0.29) is 11.9 Å². The van der Waals surface area contributed by atoms with Crippen LogP contribution in [-0.4, -0.2) is 36.2 Å². The summed E-state index contributed by atoms with van der Waals surface area (Å²) in [4.78, 5) is 11.2. The molecule has 4 heteroatoms. The van der Waals surface area contributed by atoms with E-state index in [4.69, 9.17) is 4.74 Å². The molecule has 0 aliphatic carbocycles. The number of rotatable bonds is 3. The van der Waals surface area contributed by atoms with Gasteiger partial charge in [-0.25, -0.2) is 4.31 Å². The van der Waals surface area contributed by atoms with Gasteiger partial charge in [0, 0.05) is 13.1 Å². The predicted octanol–water partition coefficient (Wildman–Crippen LogP) is 1.15. The number of carbonyl (C=O) groups excluding carboxylic acids is 1. The Labute approximate surface area is 77.6 Å². The molecule has 0 spiro atoms. The molecule has 0 bridgehead atoms. The third-order valence-corrected chi connectivity index (χ3v) is 2.88. The van der Waals surface area contributed by atoms with Gasteiger partial charge >= 0.3 is 5.97 Å². The van der Waals surface area contributed by atoms with Crippen LogP contribution < -0.4 is 0 Å². The molecule has 1 rings (SSSR count). The fourth-order valence-corrected chi connectivity index (χ4v) is 1.96. The first kappa shape index (κ1) is 9.86. The Bertz CT molecular complexity index is 163. The van der Waals surface area contributed by atoms with Crippen molar-refractivity contribution < 1.29 is 9.53 Å². The molecule has 1 atom stereocenters. The molecule has 0 aromatic carbocycles. The lowest BCUT2D eigenvalue weighted by Gasteiger charge is -2.10. The van der Waals surface area contributed by atoms with E-state index >= 15 is 0 Å². The average Bonchev–Trinajstić information content (AvgIpc) is 2.52. The third kappa shape index (κ3) is 2.38. The highest BCUT2D eigenvalue weighted by Gasteiger charge is 2.28. The first-order chi connectivity index (χ1) is 5.77. The second-order valence-corrected chi connectivity index (χ2v) is 3.69. The van der Waals surface area contributed by atoms with Crippen LogP contribution in [0.3, 0.4) is 0 Å². The Morgan fingerprint density at radius 2 is 2.50 bits per heavy atom. The first-order valence-corrected chi connectivity index (χ1v) is 5.41. The largest absolute Gasteiger partial charge is 0.466 e. The van der Waals surface area contributed by atoms with Crippen LogP contribution in [-0.2, 0) is 9.53 Å². The Balaban J connectivity index is 2.31. The fourth-order valence-electron chi connectivity index (χ4n) is 1.35. The van der Waals surface area contributed by atoms with Crippen molar-refractivity contribution in [1.29, 1.82) is 0 Å². The van der Waals surface area contributed by atoms with Crippen LogP contribution in [0.2, 0.25) is 0 Å². The Morgan fingerprint density at radius 1 is 1.75 bits per heavy atom. The number of hydrogen-bond donors (Lipinski definition) is 0. The van der Waals surface area contributed by atoms with Crippen molar-refractivity contribution in [2.24, 2.45) is 5.92 Å². The minimum Gasteiger partial charge on any atom is -0.466 e. The monoisotopic (exact) mass is 189 g/mol. The van der Waals surface area contributed by atoms with Crippen molar-refractivity contribution >= 4 is 17.9 Å². The van der Waals surface area contributed by atoms with E-state index in [9.17, 15) is 4.79 Å². The summed E-state index contributed by atoms with van der Waals surface area (Å²) >= 11 is 1.70.